The molecular weight excluding hydrogens is 1120 g/mol. The van der Waals surface area contributed by atoms with E-state index < -0.39 is 103 Å². The summed E-state index contributed by atoms with van der Waals surface area (Å²) < 4.78 is 138. The summed E-state index contributed by atoms with van der Waals surface area (Å²) >= 11 is -3.96. The molecule has 64 heavy (non-hydrogen) atoms. The molecule has 0 aromatic heterocycles. The molecule has 0 amide bonds. The maximum atomic E-state index is 11.2. The first-order valence-electron chi connectivity index (χ1n) is 19.4. The van der Waals surface area contributed by atoms with Crippen LogP contribution in [-0.2, 0) is 49.2 Å². The average molecular weight is 1170 g/mol. The second-order valence-corrected chi connectivity index (χ2v) is 34.0. The molecule has 0 N–H and O–H groups in total. The van der Waals surface area contributed by atoms with Crippen LogP contribution in [0.5, 0.6) is 0 Å². The van der Waals surface area contributed by atoms with Crippen molar-refractivity contribution in [2.45, 2.75) is 25.7 Å². The number of halogens is 2. The number of rotatable bonds is 18. The Kier molecular flexibility index (Phi) is 24.3. The van der Waals surface area contributed by atoms with Crippen LogP contribution in [0, 0.1) is 0 Å². The summed E-state index contributed by atoms with van der Waals surface area (Å²) in [4.78, 5) is 0. The Morgan fingerprint density at radius 3 is 0.656 bits per heavy atom. The molecule has 0 saturated heterocycles. The SMILES string of the molecule is O=S(=O)([O-])CCCCS(=O)(=O)OF.O=S(=O)([O-])CCCCS(=O)(=O)OF.c1cc[c]([Sn+]([c]2ccccc2)[c]2ccccc2)cc1.c1cc[c]([Sn+]([c]2ccccc2)[c]2ccccc2)cc1. The van der Waals surface area contributed by atoms with Crippen LogP contribution in [0.15, 0.2) is 182 Å². The van der Waals surface area contributed by atoms with E-state index in [4.69, 9.17) is 0 Å². The first kappa shape index (κ1) is 54.7. The van der Waals surface area contributed by atoms with E-state index in [0.29, 0.717) is 0 Å². The van der Waals surface area contributed by atoms with Crippen LogP contribution in [0.4, 0.5) is 9.05 Å². The summed E-state index contributed by atoms with van der Waals surface area (Å²) in [6, 6.07) is 65.9. The fraction of sp³-hybridized carbons (Fsp3) is 0.182. The Balaban J connectivity index is 0.000000232. The van der Waals surface area contributed by atoms with E-state index in [9.17, 15) is 51.8 Å². The molecule has 0 saturated carbocycles. The van der Waals surface area contributed by atoms with Crippen LogP contribution in [-0.4, -0.2) is 105 Å². The molecule has 0 radical (unpaired) electrons. The molecule has 0 aliphatic rings. The van der Waals surface area contributed by atoms with E-state index in [1.54, 1.807) is 0 Å². The molecule has 6 aromatic carbocycles. The standard InChI is InChI=1S/6C6H5.2C4H9FO6S2.2Sn/c6*1-2-4-6-5-3-1;2*5-11-13(9,10)4-2-1-3-12(6,7)8;;/h6*1-5H;2*1-4H2,(H,6,7,8);;/q;;;;;;;;2*+1/p-2. The summed E-state index contributed by atoms with van der Waals surface area (Å²) in [5, 5.41) is 0. The van der Waals surface area contributed by atoms with Gasteiger partial charge in [0.05, 0.1) is 31.7 Å². The van der Waals surface area contributed by atoms with E-state index in [-0.39, 0.29) is 25.7 Å². The van der Waals surface area contributed by atoms with Crippen molar-refractivity contribution in [3.8, 4) is 0 Å². The van der Waals surface area contributed by atoms with Crippen LogP contribution in [0.1, 0.15) is 25.7 Å². The van der Waals surface area contributed by atoms with Crippen molar-refractivity contribution in [3.63, 3.8) is 0 Å². The Morgan fingerprint density at radius 1 is 0.328 bits per heavy atom. The Hall–Kier alpha value is -3.58. The molecule has 0 aliphatic heterocycles. The van der Waals surface area contributed by atoms with Gasteiger partial charge in [0.15, 0.2) is 0 Å². The van der Waals surface area contributed by atoms with Crippen molar-refractivity contribution in [2.24, 2.45) is 0 Å². The quantitative estimate of drug-likeness (QED) is 0.0691. The normalized spacial score (nSPS) is 11.3. The molecule has 20 heteroatoms. The third-order valence-electron chi connectivity index (χ3n) is 8.64. The summed E-state index contributed by atoms with van der Waals surface area (Å²) in [6.07, 6.45) is -0.524. The van der Waals surface area contributed by atoms with Crippen molar-refractivity contribution in [3.05, 3.63) is 182 Å². The van der Waals surface area contributed by atoms with E-state index in [1.165, 1.54) is 21.5 Å². The second kappa shape index (κ2) is 28.5. The van der Waals surface area contributed by atoms with Crippen LogP contribution >= 0.6 is 0 Å². The Labute approximate surface area is 389 Å². The molecule has 0 heterocycles. The molecule has 6 aromatic rings. The first-order valence-corrected chi connectivity index (χ1v) is 34.3. The van der Waals surface area contributed by atoms with Crippen molar-refractivity contribution in [1.82, 2.24) is 0 Å². The van der Waals surface area contributed by atoms with Gasteiger partial charge in [0.1, 0.15) is 0 Å². The zero-order valence-electron chi connectivity index (χ0n) is 34.3. The molecule has 0 aliphatic carbocycles. The topological polar surface area (TPSA) is 201 Å². The van der Waals surface area contributed by atoms with E-state index in [1.807, 2.05) is 0 Å². The number of unbranched alkanes of at least 4 members (excludes halogenated alkanes) is 2. The Bertz CT molecular complexity index is 2290. The number of hydrogen-bond acceptors (Lipinski definition) is 12. The van der Waals surface area contributed by atoms with Gasteiger partial charge in [-0.3, -0.25) is 0 Å². The molecule has 0 unspecified atom stereocenters. The van der Waals surface area contributed by atoms with Crippen LogP contribution in [0.3, 0.4) is 0 Å². The minimum absolute atomic E-state index is 0.131. The summed E-state index contributed by atoms with van der Waals surface area (Å²) in [5.74, 6) is -2.60. The molecule has 0 bridgehead atoms. The van der Waals surface area contributed by atoms with E-state index in [2.05, 4.69) is 191 Å². The second-order valence-electron chi connectivity index (χ2n) is 13.5. The molecule has 6 rings (SSSR count). The number of hydrogen-bond donors (Lipinski definition) is 0. The number of benzene rings is 6. The van der Waals surface area contributed by atoms with Gasteiger partial charge in [0, 0.05) is 11.5 Å². The summed E-state index contributed by atoms with van der Waals surface area (Å²) in [5.41, 5.74) is 0. The molecule has 0 spiro atoms. The minimum atomic E-state index is -4.33. The van der Waals surface area contributed by atoms with Crippen molar-refractivity contribution < 1.29 is 60.6 Å². The molecular formula is C44H46F2O12S4Sn2. The van der Waals surface area contributed by atoms with E-state index >= 15 is 0 Å². The fourth-order valence-corrected chi connectivity index (χ4v) is 22.9. The zero-order valence-corrected chi connectivity index (χ0v) is 43.2. The van der Waals surface area contributed by atoms with Gasteiger partial charge in [-0.2, -0.15) is 16.8 Å². The fourth-order valence-electron chi connectivity index (χ4n) is 5.81. The predicted octanol–water partition coefficient (Wildman–Crippen LogP) is 3.49. The van der Waals surface area contributed by atoms with Gasteiger partial charge in [0.25, 0.3) is 20.2 Å². The van der Waals surface area contributed by atoms with Gasteiger partial charge >= 0.3 is 243 Å². The van der Waals surface area contributed by atoms with Crippen molar-refractivity contribution in [2.75, 3.05) is 23.0 Å². The van der Waals surface area contributed by atoms with Gasteiger partial charge < -0.3 is 9.11 Å². The Morgan fingerprint density at radius 2 is 0.500 bits per heavy atom. The monoisotopic (exact) mass is 1170 g/mol. The molecule has 340 valence electrons. The maximum absolute atomic E-state index is 11.2. The zero-order chi connectivity index (χ0) is 46.9. The van der Waals surface area contributed by atoms with Gasteiger partial charge in [-0.25, -0.2) is 16.8 Å². The average Bonchev–Trinajstić information content (AvgIpc) is 3.29. The van der Waals surface area contributed by atoms with Crippen LogP contribution in [0.25, 0.3) is 0 Å². The third-order valence-corrected chi connectivity index (χ3v) is 27.8. The molecule has 0 atom stereocenters. The van der Waals surface area contributed by atoms with Crippen molar-refractivity contribution in [1.29, 1.82) is 0 Å². The van der Waals surface area contributed by atoms with Gasteiger partial charge in [0.2, 0.25) is 0 Å². The van der Waals surface area contributed by atoms with Crippen molar-refractivity contribution >= 4 is 101 Å². The summed E-state index contributed by atoms with van der Waals surface area (Å²) in [7, 11) is -17.1. The molecule has 0 fully saturated rings. The van der Waals surface area contributed by atoms with Crippen LogP contribution in [0.2, 0.25) is 0 Å². The van der Waals surface area contributed by atoms with Gasteiger partial charge in [-0.1, -0.05) is 8.78 Å². The van der Waals surface area contributed by atoms with Gasteiger partial charge in [-0.05, 0) is 34.7 Å². The summed E-state index contributed by atoms with van der Waals surface area (Å²) in [6.45, 7) is 0. The van der Waals surface area contributed by atoms with E-state index in [0.717, 1.165) is 0 Å². The third kappa shape index (κ3) is 22.5. The van der Waals surface area contributed by atoms with Gasteiger partial charge in [-0.15, -0.1) is 0 Å². The van der Waals surface area contributed by atoms with Crippen LogP contribution < -0.4 is 21.5 Å². The first-order chi connectivity index (χ1) is 30.4. The predicted molar refractivity (Wildman–Crippen MR) is 248 cm³/mol. The molecule has 12 nitrogen and oxygen atoms in total.